The molecule has 30 heavy (non-hydrogen) atoms. The van der Waals surface area contributed by atoms with Gasteiger partial charge in [0.05, 0.1) is 19.3 Å². The number of amides is 1. The molecular weight excluding hydrogens is 386 g/mol. The maximum atomic E-state index is 12.7. The molecule has 0 aliphatic heterocycles. The van der Waals surface area contributed by atoms with Crippen molar-refractivity contribution in [3.8, 4) is 11.5 Å². The Morgan fingerprint density at radius 2 is 1.77 bits per heavy atom. The zero-order valence-corrected chi connectivity index (χ0v) is 17.6. The molecule has 2 rings (SSSR count). The third kappa shape index (κ3) is 6.07. The number of para-hydroxylation sites is 1. The van der Waals surface area contributed by atoms with Crippen LogP contribution in [0.4, 0.5) is 0 Å². The highest BCUT2D eigenvalue weighted by atomic mass is 16.5. The SMILES string of the molecule is CCOc1ccccc1C(=O)N[C@H](C(=O)OCC(=O)c1cccc(OC)c1)C(C)C. The number of hydrogen-bond donors (Lipinski definition) is 1. The van der Waals surface area contributed by atoms with Crippen molar-refractivity contribution in [1.29, 1.82) is 0 Å². The maximum Gasteiger partial charge on any atom is 0.329 e. The van der Waals surface area contributed by atoms with Crippen molar-refractivity contribution in [3.63, 3.8) is 0 Å². The molecular formula is C23H27NO6. The van der Waals surface area contributed by atoms with Gasteiger partial charge in [0.25, 0.3) is 5.91 Å². The molecule has 160 valence electrons. The Bertz CT molecular complexity index is 893. The molecule has 2 aromatic carbocycles. The van der Waals surface area contributed by atoms with Gasteiger partial charge in [-0.25, -0.2) is 4.79 Å². The van der Waals surface area contributed by atoms with Gasteiger partial charge in [0.15, 0.2) is 12.4 Å². The van der Waals surface area contributed by atoms with Crippen LogP contribution in [0.2, 0.25) is 0 Å². The van der Waals surface area contributed by atoms with Crippen molar-refractivity contribution in [1.82, 2.24) is 5.32 Å². The summed E-state index contributed by atoms with van der Waals surface area (Å²) in [5.41, 5.74) is 0.697. The van der Waals surface area contributed by atoms with E-state index in [0.717, 1.165) is 0 Å². The number of ether oxygens (including phenoxy) is 3. The van der Waals surface area contributed by atoms with Crippen LogP contribution in [0.1, 0.15) is 41.5 Å². The highest BCUT2D eigenvalue weighted by molar-refractivity contribution is 6.00. The lowest BCUT2D eigenvalue weighted by Gasteiger charge is -2.21. The smallest absolute Gasteiger partial charge is 0.329 e. The Hall–Kier alpha value is -3.35. The molecule has 0 spiro atoms. The minimum Gasteiger partial charge on any atom is -0.497 e. The van der Waals surface area contributed by atoms with Crippen molar-refractivity contribution >= 4 is 17.7 Å². The molecule has 1 atom stereocenters. The molecule has 7 nitrogen and oxygen atoms in total. The maximum absolute atomic E-state index is 12.7. The number of esters is 1. The van der Waals surface area contributed by atoms with E-state index in [4.69, 9.17) is 14.2 Å². The summed E-state index contributed by atoms with van der Waals surface area (Å²) < 4.78 is 15.8. The molecule has 0 heterocycles. The fraction of sp³-hybridized carbons (Fsp3) is 0.348. The molecule has 1 N–H and O–H groups in total. The predicted octanol–water partition coefficient (Wildman–Crippen LogP) is 3.27. The second kappa shape index (κ2) is 11.0. The molecule has 0 fully saturated rings. The second-order valence-electron chi connectivity index (χ2n) is 6.89. The summed E-state index contributed by atoms with van der Waals surface area (Å²) in [5.74, 6) is -0.767. The van der Waals surface area contributed by atoms with Crippen LogP contribution in [-0.4, -0.2) is 44.0 Å². The number of nitrogens with one attached hydrogen (secondary N) is 1. The second-order valence-corrected chi connectivity index (χ2v) is 6.89. The molecule has 0 unspecified atom stereocenters. The van der Waals surface area contributed by atoms with Gasteiger partial charge in [-0.3, -0.25) is 9.59 Å². The van der Waals surface area contributed by atoms with Gasteiger partial charge in [-0.2, -0.15) is 0 Å². The Morgan fingerprint density at radius 1 is 1.03 bits per heavy atom. The molecule has 0 aliphatic rings. The van der Waals surface area contributed by atoms with E-state index in [0.29, 0.717) is 29.2 Å². The number of ketones is 1. The van der Waals surface area contributed by atoms with Crippen LogP contribution in [0.25, 0.3) is 0 Å². The summed E-state index contributed by atoms with van der Waals surface area (Å²) in [6.45, 7) is 5.37. The number of rotatable bonds is 10. The van der Waals surface area contributed by atoms with Gasteiger partial charge >= 0.3 is 5.97 Å². The van der Waals surface area contributed by atoms with Crippen molar-refractivity contribution in [3.05, 3.63) is 59.7 Å². The summed E-state index contributed by atoms with van der Waals surface area (Å²) in [6.07, 6.45) is 0. The zero-order chi connectivity index (χ0) is 22.1. The Labute approximate surface area is 176 Å². The topological polar surface area (TPSA) is 90.9 Å². The van der Waals surface area contributed by atoms with Crippen LogP contribution in [-0.2, 0) is 9.53 Å². The average Bonchev–Trinajstić information content (AvgIpc) is 2.75. The Balaban J connectivity index is 2.04. The van der Waals surface area contributed by atoms with E-state index in [1.807, 2.05) is 6.92 Å². The monoisotopic (exact) mass is 413 g/mol. The van der Waals surface area contributed by atoms with Crippen molar-refractivity contribution in [2.45, 2.75) is 26.8 Å². The van der Waals surface area contributed by atoms with E-state index in [1.54, 1.807) is 62.4 Å². The normalized spacial score (nSPS) is 11.5. The number of carbonyl (C=O) groups is 3. The molecule has 7 heteroatoms. The van der Waals surface area contributed by atoms with Crippen LogP contribution in [0.15, 0.2) is 48.5 Å². The van der Waals surface area contributed by atoms with Gasteiger partial charge in [0.1, 0.15) is 17.5 Å². The van der Waals surface area contributed by atoms with Crippen LogP contribution >= 0.6 is 0 Å². The summed E-state index contributed by atoms with van der Waals surface area (Å²) in [5, 5.41) is 2.69. The summed E-state index contributed by atoms with van der Waals surface area (Å²) in [4.78, 5) is 37.6. The molecule has 0 saturated heterocycles. The fourth-order valence-corrected chi connectivity index (χ4v) is 2.76. The van der Waals surface area contributed by atoms with Crippen LogP contribution < -0.4 is 14.8 Å². The molecule has 0 saturated carbocycles. The van der Waals surface area contributed by atoms with Gasteiger partial charge in [-0.1, -0.05) is 38.1 Å². The van der Waals surface area contributed by atoms with E-state index < -0.39 is 24.5 Å². The molecule has 1 amide bonds. The predicted molar refractivity (Wildman–Crippen MR) is 112 cm³/mol. The number of methoxy groups -OCH3 is 1. The van der Waals surface area contributed by atoms with Crippen LogP contribution in [0.5, 0.6) is 11.5 Å². The highest BCUT2D eigenvalue weighted by Gasteiger charge is 2.28. The minimum absolute atomic E-state index is 0.243. The number of hydrogen-bond acceptors (Lipinski definition) is 6. The number of benzene rings is 2. The quantitative estimate of drug-likeness (QED) is 0.475. The first-order chi connectivity index (χ1) is 14.4. The lowest BCUT2D eigenvalue weighted by Crippen LogP contribution is -2.45. The van der Waals surface area contributed by atoms with Crippen molar-refractivity contribution < 1.29 is 28.6 Å². The lowest BCUT2D eigenvalue weighted by atomic mass is 10.0. The first-order valence-electron chi connectivity index (χ1n) is 9.74. The van der Waals surface area contributed by atoms with Gasteiger partial charge in [0, 0.05) is 5.56 Å². The van der Waals surface area contributed by atoms with Crippen LogP contribution in [0, 0.1) is 5.92 Å². The van der Waals surface area contributed by atoms with Crippen molar-refractivity contribution in [2.24, 2.45) is 5.92 Å². The molecule has 0 radical (unpaired) electrons. The molecule has 0 aromatic heterocycles. The number of Topliss-reactive ketones (excluding diaryl/α,β-unsaturated/α-hetero) is 1. The Kier molecular flexibility index (Phi) is 8.41. The minimum atomic E-state index is -0.912. The Morgan fingerprint density at radius 3 is 2.43 bits per heavy atom. The summed E-state index contributed by atoms with van der Waals surface area (Å²) in [6, 6.07) is 12.5. The third-order valence-electron chi connectivity index (χ3n) is 4.38. The van der Waals surface area contributed by atoms with Crippen LogP contribution in [0.3, 0.4) is 0 Å². The van der Waals surface area contributed by atoms with Gasteiger partial charge in [-0.05, 0) is 37.1 Å². The average molecular weight is 413 g/mol. The summed E-state index contributed by atoms with van der Waals surface area (Å²) in [7, 11) is 1.50. The first kappa shape index (κ1) is 22.9. The number of carbonyl (C=O) groups excluding carboxylic acids is 3. The largest absolute Gasteiger partial charge is 0.497 e. The van der Waals surface area contributed by atoms with E-state index in [-0.39, 0.29) is 11.7 Å². The van der Waals surface area contributed by atoms with E-state index in [9.17, 15) is 14.4 Å². The van der Waals surface area contributed by atoms with Gasteiger partial charge in [0.2, 0.25) is 0 Å². The van der Waals surface area contributed by atoms with E-state index >= 15 is 0 Å². The first-order valence-corrected chi connectivity index (χ1v) is 9.74. The highest BCUT2D eigenvalue weighted by Crippen LogP contribution is 2.19. The summed E-state index contributed by atoms with van der Waals surface area (Å²) >= 11 is 0. The third-order valence-corrected chi connectivity index (χ3v) is 4.38. The molecule has 0 aliphatic carbocycles. The van der Waals surface area contributed by atoms with Gasteiger partial charge < -0.3 is 19.5 Å². The lowest BCUT2D eigenvalue weighted by molar-refractivity contribution is -0.145. The fourth-order valence-electron chi connectivity index (χ4n) is 2.76. The zero-order valence-electron chi connectivity index (χ0n) is 17.6. The van der Waals surface area contributed by atoms with E-state index in [2.05, 4.69) is 5.32 Å². The standard InChI is InChI=1S/C23H27NO6/c1-5-29-20-12-7-6-11-18(20)22(26)24-21(15(2)3)23(27)30-14-19(25)16-9-8-10-17(13-16)28-4/h6-13,15,21H,5,14H2,1-4H3,(H,24,26)/t21-/m0/s1. The van der Waals surface area contributed by atoms with Gasteiger partial charge in [-0.15, -0.1) is 0 Å². The molecule has 2 aromatic rings. The molecule has 0 bridgehead atoms. The van der Waals surface area contributed by atoms with Crippen molar-refractivity contribution in [2.75, 3.05) is 20.3 Å². The van der Waals surface area contributed by atoms with E-state index in [1.165, 1.54) is 7.11 Å².